The minimum absolute atomic E-state index is 0.0300. The number of nitrogens with zero attached hydrogens (tertiary/aromatic N) is 3. The lowest BCUT2D eigenvalue weighted by Gasteiger charge is -2.02. The molecule has 0 radical (unpaired) electrons. The van der Waals surface area contributed by atoms with Gasteiger partial charge in [0.25, 0.3) is 5.91 Å². The molecule has 1 aromatic heterocycles. The molecule has 0 spiro atoms. The van der Waals surface area contributed by atoms with Crippen molar-refractivity contribution in [2.75, 3.05) is 6.54 Å². The lowest BCUT2D eigenvalue weighted by molar-refractivity contribution is -0.122. The van der Waals surface area contributed by atoms with E-state index in [1.165, 1.54) is 0 Å². The van der Waals surface area contributed by atoms with Gasteiger partial charge in [0.15, 0.2) is 6.10 Å². The number of amides is 1. The number of hydrogen-bond donors (Lipinski definition) is 1. The first-order chi connectivity index (χ1) is 7.18. The van der Waals surface area contributed by atoms with E-state index >= 15 is 0 Å². The minimum Gasteiger partial charge on any atom is -0.359 e. The van der Waals surface area contributed by atoms with Crippen LogP contribution in [-0.4, -0.2) is 39.7 Å². The standard InChI is InChI=1S/C9H14N4O2/c1-6-8(15-6)9(14)10-4-3-7-5-11-12-13(7)2/h5-6,8H,3-4H2,1-2H3,(H,10,14)/t6-,8+/m0/s1. The highest BCUT2D eigenvalue weighted by Crippen LogP contribution is 2.20. The van der Waals surface area contributed by atoms with Crippen LogP contribution in [0.25, 0.3) is 0 Å². The summed E-state index contributed by atoms with van der Waals surface area (Å²) >= 11 is 0. The van der Waals surface area contributed by atoms with Crippen molar-refractivity contribution in [1.82, 2.24) is 20.3 Å². The normalized spacial score (nSPS) is 23.9. The molecule has 6 nitrogen and oxygen atoms in total. The van der Waals surface area contributed by atoms with Gasteiger partial charge in [-0.2, -0.15) is 0 Å². The van der Waals surface area contributed by atoms with Crippen LogP contribution in [0.2, 0.25) is 0 Å². The smallest absolute Gasteiger partial charge is 0.251 e. The second kappa shape index (κ2) is 3.98. The van der Waals surface area contributed by atoms with Gasteiger partial charge in [0, 0.05) is 20.0 Å². The summed E-state index contributed by atoms with van der Waals surface area (Å²) in [6.07, 6.45) is 2.26. The SMILES string of the molecule is C[C@@H]1O[C@H]1C(=O)NCCc1cnnn1C. The summed E-state index contributed by atoms with van der Waals surface area (Å²) in [5.41, 5.74) is 1.00. The van der Waals surface area contributed by atoms with Crippen LogP contribution < -0.4 is 5.32 Å². The summed E-state index contributed by atoms with van der Waals surface area (Å²) in [4.78, 5) is 11.4. The number of epoxide rings is 1. The minimum atomic E-state index is -0.241. The Bertz CT molecular complexity index is 363. The van der Waals surface area contributed by atoms with Crippen LogP contribution in [-0.2, 0) is 23.0 Å². The third kappa shape index (κ3) is 2.33. The van der Waals surface area contributed by atoms with Gasteiger partial charge in [0.1, 0.15) is 0 Å². The Morgan fingerprint density at radius 1 is 1.73 bits per heavy atom. The molecule has 0 aliphatic carbocycles. The molecule has 0 saturated carbocycles. The van der Waals surface area contributed by atoms with Crippen molar-refractivity contribution in [3.05, 3.63) is 11.9 Å². The van der Waals surface area contributed by atoms with E-state index in [4.69, 9.17) is 4.74 Å². The van der Waals surface area contributed by atoms with Crippen LogP contribution in [0.4, 0.5) is 0 Å². The number of rotatable bonds is 4. The molecule has 1 fully saturated rings. The number of hydrogen-bond acceptors (Lipinski definition) is 4. The van der Waals surface area contributed by atoms with Crippen LogP contribution in [0.1, 0.15) is 12.6 Å². The Kier molecular flexibility index (Phi) is 2.68. The van der Waals surface area contributed by atoms with E-state index in [2.05, 4.69) is 15.6 Å². The van der Waals surface area contributed by atoms with Crippen LogP contribution in [0.15, 0.2) is 6.20 Å². The molecule has 15 heavy (non-hydrogen) atoms. The van der Waals surface area contributed by atoms with E-state index in [9.17, 15) is 4.79 Å². The predicted octanol–water partition coefficient (Wildman–Crippen LogP) is -0.739. The molecule has 82 valence electrons. The first-order valence-corrected chi connectivity index (χ1v) is 4.95. The zero-order valence-corrected chi connectivity index (χ0v) is 8.80. The third-order valence-electron chi connectivity index (χ3n) is 2.46. The molecule has 0 bridgehead atoms. The van der Waals surface area contributed by atoms with Crippen LogP contribution in [0.5, 0.6) is 0 Å². The second-order valence-electron chi connectivity index (χ2n) is 3.65. The van der Waals surface area contributed by atoms with Gasteiger partial charge in [0.2, 0.25) is 0 Å². The van der Waals surface area contributed by atoms with E-state index < -0.39 is 0 Å². The van der Waals surface area contributed by atoms with Crippen molar-refractivity contribution in [1.29, 1.82) is 0 Å². The maximum atomic E-state index is 11.4. The summed E-state index contributed by atoms with van der Waals surface area (Å²) in [6, 6.07) is 0. The number of carbonyl (C=O) groups excluding carboxylic acids is 1. The topological polar surface area (TPSA) is 72.3 Å². The van der Waals surface area contributed by atoms with Crippen molar-refractivity contribution in [2.45, 2.75) is 25.6 Å². The molecule has 1 amide bonds. The van der Waals surface area contributed by atoms with E-state index in [0.29, 0.717) is 6.54 Å². The van der Waals surface area contributed by atoms with Gasteiger partial charge in [-0.25, -0.2) is 0 Å². The maximum Gasteiger partial charge on any atom is 0.251 e. The fraction of sp³-hybridized carbons (Fsp3) is 0.667. The van der Waals surface area contributed by atoms with Crippen molar-refractivity contribution >= 4 is 5.91 Å². The van der Waals surface area contributed by atoms with Gasteiger partial charge >= 0.3 is 0 Å². The Morgan fingerprint density at radius 3 is 3.00 bits per heavy atom. The summed E-state index contributed by atoms with van der Waals surface area (Å²) in [6.45, 7) is 2.47. The average Bonchev–Trinajstić information content (AvgIpc) is 2.80. The molecule has 1 aliphatic heterocycles. The fourth-order valence-corrected chi connectivity index (χ4v) is 1.41. The Balaban J connectivity index is 1.71. The average molecular weight is 210 g/mol. The quantitative estimate of drug-likeness (QED) is 0.664. The number of carbonyl (C=O) groups is 1. The van der Waals surface area contributed by atoms with Gasteiger partial charge in [-0.1, -0.05) is 5.21 Å². The van der Waals surface area contributed by atoms with Crippen molar-refractivity contribution in [3.63, 3.8) is 0 Å². The Labute approximate surface area is 87.6 Å². The molecule has 2 atom stereocenters. The lowest BCUT2D eigenvalue weighted by Crippen LogP contribution is -2.30. The monoisotopic (exact) mass is 210 g/mol. The number of aryl methyl sites for hydroxylation is 1. The summed E-state index contributed by atoms with van der Waals surface area (Å²) in [5, 5.41) is 10.4. The highest BCUT2D eigenvalue weighted by Gasteiger charge is 2.40. The molecule has 1 saturated heterocycles. The van der Waals surface area contributed by atoms with Crippen molar-refractivity contribution < 1.29 is 9.53 Å². The molecule has 0 aromatic carbocycles. The molecule has 0 unspecified atom stereocenters. The van der Waals surface area contributed by atoms with Crippen molar-refractivity contribution in [2.24, 2.45) is 7.05 Å². The zero-order chi connectivity index (χ0) is 10.8. The molecule has 1 N–H and O–H groups in total. The molecule has 1 aliphatic rings. The van der Waals surface area contributed by atoms with Crippen LogP contribution in [0.3, 0.4) is 0 Å². The lowest BCUT2D eigenvalue weighted by atomic mass is 10.3. The van der Waals surface area contributed by atoms with Gasteiger partial charge in [0.05, 0.1) is 18.0 Å². The highest BCUT2D eigenvalue weighted by molar-refractivity contribution is 5.83. The number of aromatic nitrogens is 3. The summed E-state index contributed by atoms with van der Waals surface area (Å²) in [5.74, 6) is -0.0300. The first kappa shape index (κ1) is 10.1. The summed E-state index contributed by atoms with van der Waals surface area (Å²) in [7, 11) is 1.83. The molecule has 2 rings (SSSR count). The molecule has 6 heteroatoms. The fourth-order valence-electron chi connectivity index (χ4n) is 1.41. The first-order valence-electron chi connectivity index (χ1n) is 4.95. The Morgan fingerprint density at radius 2 is 2.47 bits per heavy atom. The predicted molar refractivity (Wildman–Crippen MR) is 52.1 cm³/mol. The zero-order valence-electron chi connectivity index (χ0n) is 8.80. The molecular formula is C9H14N4O2. The van der Waals surface area contributed by atoms with Crippen LogP contribution in [0, 0.1) is 0 Å². The summed E-state index contributed by atoms with van der Waals surface area (Å²) < 4.78 is 6.74. The van der Waals surface area contributed by atoms with Gasteiger partial charge < -0.3 is 10.1 Å². The van der Waals surface area contributed by atoms with E-state index in [1.807, 2.05) is 14.0 Å². The van der Waals surface area contributed by atoms with E-state index in [-0.39, 0.29) is 18.1 Å². The highest BCUT2D eigenvalue weighted by atomic mass is 16.6. The third-order valence-corrected chi connectivity index (χ3v) is 2.46. The van der Waals surface area contributed by atoms with Crippen molar-refractivity contribution in [3.8, 4) is 0 Å². The number of ether oxygens (including phenoxy) is 1. The Hall–Kier alpha value is -1.43. The maximum absolute atomic E-state index is 11.4. The van der Waals surface area contributed by atoms with E-state index in [1.54, 1.807) is 10.9 Å². The van der Waals surface area contributed by atoms with Gasteiger partial charge in [-0.05, 0) is 6.92 Å². The number of nitrogens with one attached hydrogen (secondary N) is 1. The van der Waals surface area contributed by atoms with Gasteiger partial charge in [-0.3, -0.25) is 9.48 Å². The molecule has 1 aromatic rings. The van der Waals surface area contributed by atoms with Gasteiger partial charge in [-0.15, -0.1) is 5.10 Å². The van der Waals surface area contributed by atoms with E-state index in [0.717, 1.165) is 12.1 Å². The molecule has 2 heterocycles. The largest absolute Gasteiger partial charge is 0.359 e. The van der Waals surface area contributed by atoms with Crippen LogP contribution >= 0.6 is 0 Å². The molecular weight excluding hydrogens is 196 g/mol. The second-order valence-corrected chi connectivity index (χ2v) is 3.65.